The predicted octanol–water partition coefficient (Wildman–Crippen LogP) is 3.06. The number of nitrogens with zero attached hydrogens (tertiary/aromatic N) is 2. The Morgan fingerprint density at radius 3 is 3.00 bits per heavy atom. The average molecular weight is 278 g/mol. The Morgan fingerprint density at radius 2 is 2.19 bits per heavy atom. The number of aromatic amines is 1. The summed E-state index contributed by atoms with van der Waals surface area (Å²) in [6.45, 7) is 0.604. The van der Waals surface area contributed by atoms with E-state index in [2.05, 4.69) is 21.4 Å². The minimum Gasteiger partial charge on any atom is -0.497 e. The first-order chi connectivity index (χ1) is 10.3. The molecule has 1 aromatic heterocycles. The van der Waals surface area contributed by atoms with Crippen molar-refractivity contribution >= 4 is 17.0 Å². The van der Waals surface area contributed by atoms with E-state index in [1.54, 1.807) is 13.2 Å². The van der Waals surface area contributed by atoms with Gasteiger partial charge >= 0.3 is 0 Å². The Balaban J connectivity index is 1.77. The van der Waals surface area contributed by atoms with Crippen molar-refractivity contribution in [2.24, 2.45) is 0 Å². The van der Waals surface area contributed by atoms with E-state index < -0.39 is 0 Å². The van der Waals surface area contributed by atoms with Crippen LogP contribution in [0.25, 0.3) is 11.0 Å². The van der Waals surface area contributed by atoms with E-state index >= 15 is 0 Å². The lowest BCUT2D eigenvalue weighted by atomic mass is 10.1. The summed E-state index contributed by atoms with van der Waals surface area (Å²) in [5.74, 6) is 1.49. The quantitative estimate of drug-likeness (QED) is 0.769. The van der Waals surface area contributed by atoms with Crippen LogP contribution in [0.2, 0.25) is 0 Å². The number of anilines is 1. The summed E-state index contributed by atoms with van der Waals surface area (Å²) in [5, 5.41) is 12.1. The van der Waals surface area contributed by atoms with Crippen molar-refractivity contribution in [2.45, 2.75) is 6.54 Å². The number of hydrogen-bond donors (Lipinski definition) is 2. The monoisotopic (exact) mass is 278 g/mol. The van der Waals surface area contributed by atoms with Gasteiger partial charge in [-0.15, -0.1) is 0 Å². The molecule has 104 valence electrons. The second kappa shape index (κ2) is 5.55. The lowest BCUT2D eigenvalue weighted by molar-refractivity contribution is 0.415. The SMILES string of the molecule is COc1ccc2nc(NCc3cccc(C#N)c3)[nH]c2c1. The first-order valence-corrected chi connectivity index (χ1v) is 6.55. The van der Waals surface area contributed by atoms with Crippen LogP contribution in [0.4, 0.5) is 5.95 Å². The van der Waals surface area contributed by atoms with E-state index in [4.69, 9.17) is 10.00 Å². The molecule has 0 atom stereocenters. The molecule has 0 bridgehead atoms. The fourth-order valence-corrected chi connectivity index (χ4v) is 2.14. The van der Waals surface area contributed by atoms with Gasteiger partial charge in [-0.3, -0.25) is 0 Å². The molecule has 21 heavy (non-hydrogen) atoms. The summed E-state index contributed by atoms with van der Waals surface area (Å²) in [6, 6.07) is 15.3. The fraction of sp³-hybridized carbons (Fsp3) is 0.125. The molecule has 0 unspecified atom stereocenters. The van der Waals surface area contributed by atoms with Crippen LogP contribution in [0.15, 0.2) is 42.5 Å². The van der Waals surface area contributed by atoms with Crippen LogP contribution in [0.3, 0.4) is 0 Å². The molecule has 0 aliphatic rings. The molecule has 0 fully saturated rings. The van der Waals surface area contributed by atoms with Gasteiger partial charge < -0.3 is 15.0 Å². The van der Waals surface area contributed by atoms with E-state index in [1.807, 2.05) is 36.4 Å². The van der Waals surface area contributed by atoms with Gasteiger partial charge in [-0.25, -0.2) is 4.98 Å². The fourth-order valence-electron chi connectivity index (χ4n) is 2.14. The van der Waals surface area contributed by atoms with Crippen molar-refractivity contribution in [1.82, 2.24) is 9.97 Å². The number of nitrogens with one attached hydrogen (secondary N) is 2. The molecule has 5 heteroatoms. The zero-order chi connectivity index (χ0) is 14.7. The van der Waals surface area contributed by atoms with Crippen molar-refractivity contribution < 1.29 is 4.74 Å². The van der Waals surface area contributed by atoms with E-state index in [0.717, 1.165) is 22.3 Å². The summed E-state index contributed by atoms with van der Waals surface area (Å²) in [6.07, 6.45) is 0. The highest BCUT2D eigenvalue weighted by Crippen LogP contribution is 2.20. The molecule has 2 N–H and O–H groups in total. The number of H-pyrrole nitrogens is 1. The largest absolute Gasteiger partial charge is 0.497 e. The maximum atomic E-state index is 8.89. The van der Waals surface area contributed by atoms with Crippen molar-refractivity contribution in [3.8, 4) is 11.8 Å². The standard InChI is InChI=1S/C16H14N4O/c1-21-13-5-6-14-15(8-13)20-16(19-14)18-10-12-4-2-3-11(7-12)9-17/h2-8H,10H2,1H3,(H2,18,19,20). The number of nitriles is 1. The third-order valence-electron chi connectivity index (χ3n) is 3.21. The van der Waals surface area contributed by atoms with Crippen LogP contribution in [0.1, 0.15) is 11.1 Å². The number of hydrogen-bond acceptors (Lipinski definition) is 4. The minimum absolute atomic E-state index is 0.604. The first kappa shape index (κ1) is 13.0. The molecule has 3 rings (SSSR count). The zero-order valence-electron chi connectivity index (χ0n) is 11.6. The number of ether oxygens (including phenoxy) is 1. The molecular formula is C16H14N4O. The highest BCUT2D eigenvalue weighted by Gasteiger charge is 2.04. The number of benzene rings is 2. The van der Waals surface area contributed by atoms with E-state index in [9.17, 15) is 0 Å². The Bertz CT molecular complexity index is 817. The average Bonchev–Trinajstić information content (AvgIpc) is 2.95. The van der Waals surface area contributed by atoms with Crippen molar-refractivity contribution in [3.63, 3.8) is 0 Å². The van der Waals surface area contributed by atoms with Gasteiger partial charge in [-0.05, 0) is 29.8 Å². The molecule has 0 saturated heterocycles. The summed E-state index contributed by atoms with van der Waals surface area (Å²) in [7, 11) is 1.64. The summed E-state index contributed by atoms with van der Waals surface area (Å²) >= 11 is 0. The van der Waals surface area contributed by atoms with Gasteiger partial charge in [0, 0.05) is 12.6 Å². The zero-order valence-corrected chi connectivity index (χ0v) is 11.6. The van der Waals surface area contributed by atoms with Crippen molar-refractivity contribution in [3.05, 3.63) is 53.6 Å². The van der Waals surface area contributed by atoms with E-state index in [-0.39, 0.29) is 0 Å². The van der Waals surface area contributed by atoms with Crippen molar-refractivity contribution in [1.29, 1.82) is 5.26 Å². The smallest absolute Gasteiger partial charge is 0.201 e. The molecule has 0 spiro atoms. The Kier molecular flexibility index (Phi) is 3.44. The predicted molar refractivity (Wildman–Crippen MR) is 81.1 cm³/mol. The summed E-state index contributed by atoms with van der Waals surface area (Å²) < 4.78 is 5.19. The van der Waals surface area contributed by atoms with Crippen LogP contribution in [-0.2, 0) is 6.54 Å². The van der Waals surface area contributed by atoms with Crippen LogP contribution >= 0.6 is 0 Å². The molecule has 0 aliphatic carbocycles. The summed E-state index contributed by atoms with van der Waals surface area (Å²) in [5.41, 5.74) is 3.49. The highest BCUT2D eigenvalue weighted by molar-refractivity contribution is 5.79. The van der Waals surface area contributed by atoms with Gasteiger partial charge in [0.15, 0.2) is 0 Å². The molecule has 1 heterocycles. The van der Waals surface area contributed by atoms with Crippen LogP contribution in [0.5, 0.6) is 5.75 Å². The van der Waals surface area contributed by atoms with Crippen LogP contribution in [0, 0.1) is 11.3 Å². The number of imidazole rings is 1. The normalized spacial score (nSPS) is 10.3. The number of rotatable bonds is 4. The number of methoxy groups -OCH3 is 1. The highest BCUT2D eigenvalue weighted by atomic mass is 16.5. The first-order valence-electron chi connectivity index (χ1n) is 6.55. The molecule has 0 saturated carbocycles. The molecule has 0 amide bonds. The Morgan fingerprint density at radius 1 is 1.29 bits per heavy atom. The van der Waals surface area contributed by atoms with Gasteiger partial charge in [0.05, 0.1) is 29.8 Å². The van der Waals surface area contributed by atoms with Gasteiger partial charge in [-0.2, -0.15) is 5.26 Å². The molecule has 3 aromatic rings. The van der Waals surface area contributed by atoms with Crippen LogP contribution < -0.4 is 10.1 Å². The lowest BCUT2D eigenvalue weighted by Gasteiger charge is -2.03. The lowest BCUT2D eigenvalue weighted by Crippen LogP contribution is -2.00. The molecule has 2 aromatic carbocycles. The number of aromatic nitrogens is 2. The van der Waals surface area contributed by atoms with Crippen molar-refractivity contribution in [2.75, 3.05) is 12.4 Å². The van der Waals surface area contributed by atoms with Gasteiger partial charge in [0.25, 0.3) is 0 Å². The maximum absolute atomic E-state index is 8.89. The molecule has 0 radical (unpaired) electrons. The Labute approximate surface area is 122 Å². The van der Waals surface area contributed by atoms with Gasteiger partial charge in [0.2, 0.25) is 5.95 Å². The molecular weight excluding hydrogens is 264 g/mol. The van der Waals surface area contributed by atoms with E-state index in [1.165, 1.54) is 0 Å². The third kappa shape index (κ3) is 2.79. The van der Waals surface area contributed by atoms with Gasteiger partial charge in [0.1, 0.15) is 5.75 Å². The second-order valence-electron chi connectivity index (χ2n) is 4.63. The maximum Gasteiger partial charge on any atom is 0.201 e. The number of fused-ring (bicyclic) bond motifs is 1. The van der Waals surface area contributed by atoms with Crippen LogP contribution in [-0.4, -0.2) is 17.1 Å². The molecule has 0 aliphatic heterocycles. The third-order valence-corrected chi connectivity index (χ3v) is 3.21. The van der Waals surface area contributed by atoms with E-state index in [0.29, 0.717) is 18.1 Å². The second-order valence-corrected chi connectivity index (χ2v) is 4.63. The molecule has 5 nitrogen and oxygen atoms in total. The van der Waals surface area contributed by atoms with Gasteiger partial charge in [-0.1, -0.05) is 12.1 Å². The summed E-state index contributed by atoms with van der Waals surface area (Å²) in [4.78, 5) is 7.66. The minimum atomic E-state index is 0.604. The Hall–Kier alpha value is -3.00. The topological polar surface area (TPSA) is 73.7 Å².